The van der Waals surface area contributed by atoms with Gasteiger partial charge >= 0.3 is 5.97 Å². The number of carboxylic acids is 1. The normalized spacial score (nSPS) is 12.1. The Morgan fingerprint density at radius 3 is 2.86 bits per heavy atom. The van der Waals surface area contributed by atoms with Gasteiger partial charge in [0.2, 0.25) is 0 Å². The van der Waals surface area contributed by atoms with Gasteiger partial charge in [-0.05, 0) is 19.9 Å². The Morgan fingerprint density at radius 1 is 1.48 bits per heavy atom. The van der Waals surface area contributed by atoms with Crippen molar-refractivity contribution in [3.8, 4) is 0 Å². The highest BCUT2D eigenvalue weighted by Crippen LogP contribution is 2.06. The number of carbonyl (C=O) groups excluding carboxylic acids is 1. The summed E-state index contributed by atoms with van der Waals surface area (Å²) in [5, 5.41) is 19.7. The lowest BCUT2D eigenvalue weighted by Gasteiger charge is -2.05. The van der Waals surface area contributed by atoms with Gasteiger partial charge in [-0.2, -0.15) is 10.2 Å². The van der Waals surface area contributed by atoms with Gasteiger partial charge in [0.1, 0.15) is 11.7 Å². The molecule has 0 bridgehead atoms. The molecular weight excluding hydrogens is 274 g/mol. The second-order valence-electron chi connectivity index (χ2n) is 4.58. The Hall–Kier alpha value is -2.64. The van der Waals surface area contributed by atoms with Crippen LogP contribution in [0.4, 0.5) is 0 Å². The molecule has 0 aromatic carbocycles. The molecule has 2 N–H and O–H groups in total. The highest BCUT2D eigenvalue weighted by atomic mass is 16.4. The number of carboxylic acid groups (broad SMARTS) is 1. The Kier molecular flexibility index (Phi) is 4.36. The summed E-state index contributed by atoms with van der Waals surface area (Å²) in [4.78, 5) is 22.8. The standard InChI is InChI=1S/C13H17N5O3/c1-3-17-8-10(7-15-17)6-14-12(19)11-4-5-18(16-11)9(2)13(20)21/h4-5,7-9H,3,6H2,1-2H3,(H,14,19)(H,20,21). The van der Waals surface area contributed by atoms with Crippen molar-refractivity contribution in [2.45, 2.75) is 33.0 Å². The van der Waals surface area contributed by atoms with Crippen LogP contribution in [0.5, 0.6) is 0 Å². The van der Waals surface area contributed by atoms with Crippen LogP contribution in [0.15, 0.2) is 24.7 Å². The van der Waals surface area contributed by atoms with Crippen LogP contribution in [0, 0.1) is 0 Å². The molecule has 1 atom stereocenters. The zero-order valence-corrected chi connectivity index (χ0v) is 11.9. The molecule has 0 aliphatic heterocycles. The first-order valence-electron chi connectivity index (χ1n) is 6.58. The molecule has 0 aliphatic carbocycles. The number of nitrogens with one attached hydrogen (secondary N) is 1. The molecule has 2 aromatic heterocycles. The summed E-state index contributed by atoms with van der Waals surface area (Å²) in [7, 11) is 0. The predicted octanol–water partition coefficient (Wildman–Crippen LogP) is 0.675. The highest BCUT2D eigenvalue weighted by molar-refractivity contribution is 5.92. The number of carbonyl (C=O) groups is 2. The van der Waals surface area contributed by atoms with Gasteiger partial charge in [0, 0.05) is 31.0 Å². The van der Waals surface area contributed by atoms with Crippen molar-refractivity contribution < 1.29 is 14.7 Å². The number of rotatable bonds is 6. The van der Waals surface area contributed by atoms with E-state index in [2.05, 4.69) is 15.5 Å². The molecule has 21 heavy (non-hydrogen) atoms. The van der Waals surface area contributed by atoms with Gasteiger partial charge in [0.15, 0.2) is 0 Å². The van der Waals surface area contributed by atoms with Crippen molar-refractivity contribution in [2.75, 3.05) is 0 Å². The minimum atomic E-state index is -1.00. The molecule has 0 spiro atoms. The molecule has 1 amide bonds. The van der Waals surface area contributed by atoms with Crippen LogP contribution in [0.25, 0.3) is 0 Å². The van der Waals surface area contributed by atoms with E-state index in [9.17, 15) is 9.59 Å². The van der Waals surface area contributed by atoms with E-state index in [0.29, 0.717) is 6.54 Å². The van der Waals surface area contributed by atoms with Crippen molar-refractivity contribution in [3.05, 3.63) is 35.9 Å². The van der Waals surface area contributed by atoms with Gasteiger partial charge in [0.25, 0.3) is 5.91 Å². The van der Waals surface area contributed by atoms with Gasteiger partial charge in [-0.15, -0.1) is 0 Å². The van der Waals surface area contributed by atoms with Crippen molar-refractivity contribution in [2.24, 2.45) is 0 Å². The number of hydrogen-bond donors (Lipinski definition) is 2. The lowest BCUT2D eigenvalue weighted by atomic mass is 10.3. The third kappa shape index (κ3) is 3.47. The van der Waals surface area contributed by atoms with E-state index in [1.54, 1.807) is 10.9 Å². The summed E-state index contributed by atoms with van der Waals surface area (Å²) in [6.07, 6.45) is 5.02. The van der Waals surface area contributed by atoms with Gasteiger partial charge in [-0.25, -0.2) is 4.79 Å². The first kappa shape index (κ1) is 14.8. The van der Waals surface area contributed by atoms with Crippen LogP contribution in [0.1, 0.15) is 35.9 Å². The van der Waals surface area contributed by atoms with Gasteiger partial charge < -0.3 is 10.4 Å². The summed E-state index contributed by atoms with van der Waals surface area (Å²) in [6.45, 7) is 4.59. The van der Waals surface area contributed by atoms with Crippen LogP contribution in [-0.4, -0.2) is 36.5 Å². The Balaban J connectivity index is 1.96. The molecule has 2 rings (SSSR count). The molecule has 8 nitrogen and oxygen atoms in total. The quantitative estimate of drug-likeness (QED) is 0.814. The number of nitrogens with zero attached hydrogens (tertiary/aromatic N) is 4. The minimum absolute atomic E-state index is 0.186. The first-order valence-corrected chi connectivity index (χ1v) is 6.58. The fraction of sp³-hybridized carbons (Fsp3) is 0.385. The van der Waals surface area contributed by atoms with E-state index in [0.717, 1.165) is 12.1 Å². The first-order chi connectivity index (χ1) is 10.0. The summed E-state index contributed by atoms with van der Waals surface area (Å²) in [5.41, 5.74) is 1.08. The second kappa shape index (κ2) is 6.21. The molecule has 1 unspecified atom stereocenters. The topological polar surface area (TPSA) is 102 Å². The maximum Gasteiger partial charge on any atom is 0.328 e. The molecule has 0 saturated carbocycles. The summed E-state index contributed by atoms with van der Waals surface area (Å²) in [5.74, 6) is -1.35. The van der Waals surface area contributed by atoms with E-state index < -0.39 is 12.0 Å². The fourth-order valence-electron chi connectivity index (χ4n) is 1.73. The molecular formula is C13H17N5O3. The Labute approximate surface area is 121 Å². The number of amides is 1. The number of hydrogen-bond acceptors (Lipinski definition) is 4. The maximum absolute atomic E-state index is 11.9. The number of aromatic nitrogens is 4. The molecule has 0 fully saturated rings. The van der Waals surface area contributed by atoms with E-state index in [4.69, 9.17) is 5.11 Å². The second-order valence-corrected chi connectivity index (χ2v) is 4.58. The SMILES string of the molecule is CCn1cc(CNC(=O)c2ccn(C(C)C(=O)O)n2)cn1. The van der Waals surface area contributed by atoms with Gasteiger partial charge in [-0.1, -0.05) is 0 Å². The van der Waals surface area contributed by atoms with E-state index in [1.165, 1.54) is 23.9 Å². The highest BCUT2D eigenvalue weighted by Gasteiger charge is 2.16. The van der Waals surface area contributed by atoms with Crippen LogP contribution in [0.2, 0.25) is 0 Å². The van der Waals surface area contributed by atoms with E-state index in [-0.39, 0.29) is 11.6 Å². The lowest BCUT2D eigenvalue weighted by molar-refractivity contribution is -0.140. The third-order valence-electron chi connectivity index (χ3n) is 3.06. The summed E-state index contributed by atoms with van der Waals surface area (Å²) < 4.78 is 3.01. The molecule has 112 valence electrons. The molecule has 0 radical (unpaired) electrons. The maximum atomic E-state index is 11.9. The predicted molar refractivity (Wildman–Crippen MR) is 73.6 cm³/mol. The largest absolute Gasteiger partial charge is 0.480 e. The summed E-state index contributed by atoms with van der Waals surface area (Å²) in [6, 6.07) is 0.680. The molecule has 0 aliphatic rings. The zero-order valence-electron chi connectivity index (χ0n) is 11.9. The average molecular weight is 291 g/mol. The van der Waals surface area contributed by atoms with Crippen LogP contribution in [-0.2, 0) is 17.9 Å². The monoisotopic (exact) mass is 291 g/mol. The lowest BCUT2D eigenvalue weighted by Crippen LogP contribution is -2.24. The Bertz CT molecular complexity index is 646. The van der Waals surface area contributed by atoms with Crippen LogP contribution < -0.4 is 5.32 Å². The van der Waals surface area contributed by atoms with Crippen molar-refractivity contribution >= 4 is 11.9 Å². The van der Waals surface area contributed by atoms with Crippen molar-refractivity contribution in [1.29, 1.82) is 0 Å². The average Bonchev–Trinajstić information content (AvgIpc) is 3.12. The third-order valence-corrected chi connectivity index (χ3v) is 3.06. The molecule has 2 heterocycles. The number of aliphatic carboxylic acids is 1. The molecule has 8 heteroatoms. The van der Waals surface area contributed by atoms with Crippen molar-refractivity contribution in [3.63, 3.8) is 0 Å². The molecule has 2 aromatic rings. The fourth-order valence-corrected chi connectivity index (χ4v) is 1.73. The number of aryl methyl sites for hydroxylation is 1. The molecule has 0 saturated heterocycles. The minimum Gasteiger partial charge on any atom is -0.480 e. The van der Waals surface area contributed by atoms with Crippen LogP contribution in [0.3, 0.4) is 0 Å². The summed E-state index contributed by atoms with van der Waals surface area (Å²) >= 11 is 0. The van der Waals surface area contributed by atoms with E-state index >= 15 is 0 Å². The smallest absolute Gasteiger partial charge is 0.328 e. The van der Waals surface area contributed by atoms with E-state index in [1.807, 2.05) is 13.1 Å². The van der Waals surface area contributed by atoms with Gasteiger partial charge in [-0.3, -0.25) is 14.2 Å². The van der Waals surface area contributed by atoms with Gasteiger partial charge in [0.05, 0.1) is 6.20 Å². The van der Waals surface area contributed by atoms with Crippen LogP contribution >= 0.6 is 0 Å². The van der Waals surface area contributed by atoms with Crippen molar-refractivity contribution in [1.82, 2.24) is 24.9 Å². The zero-order chi connectivity index (χ0) is 15.4. The Morgan fingerprint density at radius 2 is 2.24 bits per heavy atom.